The van der Waals surface area contributed by atoms with Crippen LogP contribution in [0.2, 0.25) is 0 Å². The summed E-state index contributed by atoms with van der Waals surface area (Å²) in [4.78, 5) is 0. The predicted octanol–water partition coefficient (Wildman–Crippen LogP) is 4.13. The molecule has 0 bridgehead atoms. The fourth-order valence-corrected chi connectivity index (χ4v) is 2.70. The van der Waals surface area contributed by atoms with E-state index in [0.29, 0.717) is 10.7 Å². The number of hydrogen-bond donors (Lipinski definition) is 0. The third-order valence-electron chi connectivity index (χ3n) is 2.38. The van der Waals surface area contributed by atoms with Crippen LogP contribution < -0.4 is 0 Å². The molecule has 0 spiro atoms. The fraction of sp³-hybridized carbons (Fsp3) is 0. The van der Waals surface area contributed by atoms with Crippen molar-refractivity contribution < 1.29 is 28.2 Å². The minimum absolute atomic E-state index is 0. The van der Waals surface area contributed by atoms with Gasteiger partial charge in [-0.25, -0.2) is 0 Å². The van der Waals surface area contributed by atoms with Crippen LogP contribution in [0, 0.1) is 6.07 Å². The van der Waals surface area contributed by atoms with Crippen molar-refractivity contribution in [3.63, 3.8) is 0 Å². The first-order valence-corrected chi connectivity index (χ1v) is 5.79. The summed E-state index contributed by atoms with van der Waals surface area (Å²) in [5.41, 5.74) is 0.686. The second-order valence-electron chi connectivity index (χ2n) is 3.28. The average molecular weight is 280 g/mol. The van der Waals surface area contributed by atoms with Crippen LogP contribution in [0.4, 0.5) is 0 Å². The Morgan fingerprint density at radius 2 is 1.81 bits per heavy atom. The zero-order chi connectivity index (χ0) is 10.3. The summed E-state index contributed by atoms with van der Waals surface area (Å²) in [7, 11) is -1.80. The summed E-state index contributed by atoms with van der Waals surface area (Å²) in [6.45, 7) is 0. The van der Waals surface area contributed by atoms with Crippen molar-refractivity contribution in [1.29, 1.82) is 0 Å². The van der Waals surface area contributed by atoms with Crippen molar-refractivity contribution in [3.8, 4) is 0 Å². The maximum Gasteiger partial charge on any atom is 0.570 e. The van der Waals surface area contributed by atoms with E-state index in [4.69, 9.17) is 4.20 Å². The normalized spacial score (nSPS) is 11.4. The van der Waals surface area contributed by atoms with Crippen LogP contribution in [-0.2, 0) is 24.0 Å². The van der Waals surface area contributed by atoms with Gasteiger partial charge in [0.05, 0.1) is 0 Å². The first-order chi connectivity index (χ1) is 7.36. The molecular weight excluding hydrogens is 272 g/mol. The Hall–Kier alpha value is -1.04. The Balaban J connectivity index is 0.000000963. The van der Waals surface area contributed by atoms with E-state index in [-0.39, 0.29) is 19.5 Å². The van der Waals surface area contributed by atoms with Crippen LogP contribution in [0.25, 0.3) is 21.5 Å². The van der Waals surface area contributed by atoms with Gasteiger partial charge in [0.25, 0.3) is 0 Å². The molecule has 3 aromatic rings. The molecule has 0 N–H and O–H groups in total. The summed E-state index contributed by atoms with van der Waals surface area (Å²) in [5, 5.41) is 2.60. The average Bonchev–Trinajstić information content (AvgIpc) is 2.30. The van der Waals surface area contributed by atoms with E-state index in [2.05, 4.69) is 6.07 Å². The molecule has 0 fully saturated rings. The standard InChI is InChI=1S/C12H7O2P.Zn/c13-15-12-8-4-2-6-10(12)9-5-1-3-7-11(9)14-15;/h1-7H;. The minimum Gasteiger partial charge on any atom is -0.252 e. The van der Waals surface area contributed by atoms with E-state index in [9.17, 15) is 4.57 Å². The van der Waals surface area contributed by atoms with E-state index >= 15 is 0 Å². The third kappa shape index (κ3) is 1.71. The molecule has 2 aromatic carbocycles. The number of hydrogen-bond acceptors (Lipinski definition) is 2. The van der Waals surface area contributed by atoms with Gasteiger partial charge in [-0.05, 0) is 16.0 Å². The molecule has 1 unspecified atom stereocenters. The summed E-state index contributed by atoms with van der Waals surface area (Å²) in [5.74, 6) is 0. The van der Waals surface area contributed by atoms with Gasteiger partial charge in [-0.2, -0.15) is 18.2 Å². The van der Waals surface area contributed by atoms with Gasteiger partial charge < -0.3 is 0 Å². The van der Waals surface area contributed by atoms with Crippen LogP contribution in [0.15, 0.2) is 46.7 Å². The molecular formula is C12H7O2PZn. The van der Waals surface area contributed by atoms with Crippen molar-refractivity contribution in [2.24, 2.45) is 0 Å². The zero-order valence-electron chi connectivity index (χ0n) is 8.51. The van der Waals surface area contributed by atoms with Gasteiger partial charge in [0.1, 0.15) is 5.12 Å². The van der Waals surface area contributed by atoms with Crippen LogP contribution in [0.3, 0.4) is 0 Å². The number of benzene rings is 2. The Kier molecular flexibility index (Phi) is 3.18. The molecule has 1 atom stereocenters. The summed E-state index contributed by atoms with van der Waals surface area (Å²) in [6, 6.07) is 16.2. The molecule has 3 rings (SSSR count). The van der Waals surface area contributed by atoms with Crippen molar-refractivity contribution >= 4 is 29.1 Å². The summed E-state index contributed by atoms with van der Waals surface area (Å²) in [6.07, 6.45) is 0. The van der Waals surface area contributed by atoms with E-state index in [1.165, 1.54) is 0 Å². The second kappa shape index (κ2) is 4.45. The van der Waals surface area contributed by atoms with Gasteiger partial charge >= 0.3 is 7.65 Å². The summed E-state index contributed by atoms with van der Waals surface area (Å²) < 4.78 is 17.1. The molecule has 0 aliphatic heterocycles. The zero-order valence-corrected chi connectivity index (χ0v) is 12.4. The molecule has 74 valence electrons. The SMILES string of the molecule is O=[p+]1oc2ccccc2c2ccc[c-]c21.[Zn]. The Labute approximate surface area is 106 Å². The van der Waals surface area contributed by atoms with Crippen molar-refractivity contribution in [1.82, 2.24) is 0 Å². The molecule has 0 amide bonds. The molecule has 1 heterocycles. The maximum absolute atomic E-state index is 11.7. The van der Waals surface area contributed by atoms with Crippen molar-refractivity contribution in [3.05, 3.63) is 48.5 Å². The quantitative estimate of drug-likeness (QED) is 0.352. The Morgan fingerprint density at radius 1 is 1.06 bits per heavy atom. The topological polar surface area (TPSA) is 30.2 Å². The van der Waals surface area contributed by atoms with Gasteiger partial charge in [-0.15, -0.1) is 6.07 Å². The molecule has 2 nitrogen and oxygen atoms in total. The van der Waals surface area contributed by atoms with Gasteiger partial charge in [0.2, 0.25) is 0 Å². The van der Waals surface area contributed by atoms with Gasteiger partial charge in [-0.1, -0.05) is 23.6 Å². The maximum atomic E-state index is 11.7. The molecule has 16 heavy (non-hydrogen) atoms. The Morgan fingerprint density at radius 3 is 2.69 bits per heavy atom. The monoisotopic (exact) mass is 278 g/mol. The molecule has 0 aliphatic rings. The number of rotatable bonds is 0. The molecule has 4 heteroatoms. The van der Waals surface area contributed by atoms with Crippen LogP contribution >= 0.6 is 7.65 Å². The first kappa shape index (κ1) is 11.4. The molecule has 0 radical (unpaired) electrons. The molecule has 1 aromatic heterocycles. The third-order valence-corrected chi connectivity index (χ3v) is 3.47. The fourth-order valence-electron chi connectivity index (χ4n) is 1.70. The molecule has 0 aliphatic carbocycles. The predicted molar refractivity (Wildman–Crippen MR) is 60.2 cm³/mol. The van der Waals surface area contributed by atoms with Crippen molar-refractivity contribution in [2.45, 2.75) is 0 Å². The smallest absolute Gasteiger partial charge is 0.252 e. The number of para-hydroxylation sites is 1. The van der Waals surface area contributed by atoms with Gasteiger partial charge in [0, 0.05) is 19.5 Å². The molecule has 0 saturated carbocycles. The van der Waals surface area contributed by atoms with E-state index in [1.54, 1.807) is 6.07 Å². The largest absolute Gasteiger partial charge is 0.570 e. The van der Waals surface area contributed by atoms with Crippen LogP contribution in [0.1, 0.15) is 0 Å². The molecule has 0 saturated heterocycles. The first-order valence-electron chi connectivity index (χ1n) is 4.61. The van der Waals surface area contributed by atoms with Crippen LogP contribution in [0.5, 0.6) is 0 Å². The Bertz CT molecular complexity index is 706. The van der Waals surface area contributed by atoms with E-state index in [0.717, 1.165) is 10.8 Å². The van der Waals surface area contributed by atoms with E-state index < -0.39 is 7.65 Å². The second-order valence-corrected chi connectivity index (χ2v) is 4.42. The van der Waals surface area contributed by atoms with Crippen LogP contribution in [-0.4, -0.2) is 0 Å². The minimum atomic E-state index is -1.80. The van der Waals surface area contributed by atoms with Gasteiger partial charge in [-0.3, -0.25) is 4.20 Å². The summed E-state index contributed by atoms with van der Waals surface area (Å²) >= 11 is 0. The van der Waals surface area contributed by atoms with Gasteiger partial charge in [0.15, 0.2) is 5.58 Å². The van der Waals surface area contributed by atoms with Crippen molar-refractivity contribution in [2.75, 3.05) is 0 Å². The van der Waals surface area contributed by atoms with E-state index in [1.807, 2.05) is 36.4 Å². The number of fused-ring (bicyclic) bond motifs is 3.